The van der Waals surface area contributed by atoms with Crippen LogP contribution >= 0.6 is 0 Å². The van der Waals surface area contributed by atoms with Gasteiger partial charge in [-0.2, -0.15) is 0 Å². The fourth-order valence-corrected chi connectivity index (χ4v) is 1.53. The maximum Gasteiger partial charge on any atom is 0.360 e. The molecule has 0 atom stereocenters. The lowest BCUT2D eigenvalue weighted by atomic mass is 10.1. The number of carbonyl (C=O) groups excluding carboxylic acids is 1. The number of aromatic nitrogens is 3. The number of rotatable bonds is 5. The van der Waals surface area contributed by atoms with Gasteiger partial charge in [-0.1, -0.05) is 19.1 Å². The third kappa shape index (κ3) is 2.81. The van der Waals surface area contributed by atoms with E-state index in [0.717, 1.165) is 12.1 Å². The second-order valence-electron chi connectivity index (χ2n) is 4.02. The summed E-state index contributed by atoms with van der Waals surface area (Å²) in [4.78, 5) is 11.6. The number of ether oxygens (including phenoxy) is 1. The van der Waals surface area contributed by atoms with Crippen LogP contribution in [0.25, 0.3) is 0 Å². The first-order valence-corrected chi connectivity index (χ1v) is 5.69. The highest BCUT2D eigenvalue weighted by atomic mass is 16.5. The zero-order valence-electron chi connectivity index (χ0n) is 10.4. The van der Waals surface area contributed by atoms with Gasteiger partial charge in [-0.3, -0.25) is 0 Å². The second-order valence-corrected chi connectivity index (χ2v) is 4.02. The van der Waals surface area contributed by atoms with E-state index in [1.54, 1.807) is 11.6 Å². The Morgan fingerprint density at radius 1 is 1.44 bits per heavy atom. The van der Waals surface area contributed by atoms with E-state index < -0.39 is 0 Å². The van der Waals surface area contributed by atoms with E-state index >= 15 is 0 Å². The molecule has 0 radical (unpaired) electrons. The van der Waals surface area contributed by atoms with Crippen LogP contribution in [0.3, 0.4) is 0 Å². The van der Waals surface area contributed by atoms with E-state index in [2.05, 4.69) is 24.2 Å². The Kier molecular flexibility index (Phi) is 4.46. The maximum absolute atomic E-state index is 11.6. The summed E-state index contributed by atoms with van der Waals surface area (Å²) in [5, 5.41) is 7.85. The van der Waals surface area contributed by atoms with E-state index in [-0.39, 0.29) is 5.97 Å². The van der Waals surface area contributed by atoms with Gasteiger partial charge in [-0.15, -0.1) is 5.10 Å². The topological polar surface area (TPSA) is 57.0 Å². The van der Waals surface area contributed by atoms with Crippen LogP contribution in [0, 0.1) is 5.92 Å². The molecular formula is C11H19N3O2. The first-order chi connectivity index (χ1) is 7.60. The van der Waals surface area contributed by atoms with Crippen molar-refractivity contribution in [2.75, 3.05) is 6.61 Å². The van der Waals surface area contributed by atoms with Gasteiger partial charge in [0, 0.05) is 6.54 Å². The zero-order valence-corrected chi connectivity index (χ0v) is 10.4. The highest BCUT2D eigenvalue weighted by Crippen LogP contribution is 2.12. The molecule has 0 amide bonds. The Balaban J connectivity index is 2.99. The summed E-state index contributed by atoms with van der Waals surface area (Å²) < 4.78 is 6.71. The molecule has 90 valence electrons. The Morgan fingerprint density at radius 2 is 2.12 bits per heavy atom. The average molecular weight is 225 g/mol. The third-order valence-corrected chi connectivity index (χ3v) is 2.21. The summed E-state index contributed by atoms with van der Waals surface area (Å²) in [5.74, 6) is 0.0785. The van der Waals surface area contributed by atoms with Crippen LogP contribution in [0.2, 0.25) is 0 Å². The van der Waals surface area contributed by atoms with Crippen molar-refractivity contribution >= 4 is 5.97 Å². The van der Waals surface area contributed by atoms with Crippen molar-refractivity contribution in [3.63, 3.8) is 0 Å². The molecule has 0 unspecified atom stereocenters. The molecule has 0 aromatic carbocycles. The van der Waals surface area contributed by atoms with Gasteiger partial charge in [0.2, 0.25) is 0 Å². The van der Waals surface area contributed by atoms with Crippen molar-refractivity contribution < 1.29 is 9.53 Å². The van der Waals surface area contributed by atoms with Crippen LogP contribution < -0.4 is 0 Å². The number of esters is 1. The molecule has 16 heavy (non-hydrogen) atoms. The molecule has 0 spiro atoms. The summed E-state index contributed by atoms with van der Waals surface area (Å²) in [7, 11) is 0. The summed E-state index contributed by atoms with van der Waals surface area (Å²) in [5.41, 5.74) is 1.23. The fourth-order valence-electron chi connectivity index (χ4n) is 1.53. The predicted molar refractivity (Wildman–Crippen MR) is 60.2 cm³/mol. The monoisotopic (exact) mass is 225 g/mol. The molecule has 0 N–H and O–H groups in total. The normalized spacial score (nSPS) is 10.8. The zero-order chi connectivity index (χ0) is 12.1. The number of aryl methyl sites for hydroxylation is 1. The van der Waals surface area contributed by atoms with Crippen molar-refractivity contribution in [1.82, 2.24) is 15.0 Å². The van der Waals surface area contributed by atoms with Gasteiger partial charge in [0.25, 0.3) is 0 Å². The summed E-state index contributed by atoms with van der Waals surface area (Å²) >= 11 is 0. The van der Waals surface area contributed by atoms with Gasteiger partial charge < -0.3 is 4.74 Å². The van der Waals surface area contributed by atoms with Gasteiger partial charge >= 0.3 is 5.97 Å². The minimum atomic E-state index is -0.377. The molecule has 0 fully saturated rings. The molecule has 1 rings (SSSR count). The Hall–Kier alpha value is -1.39. The number of hydrogen-bond acceptors (Lipinski definition) is 4. The summed E-state index contributed by atoms with van der Waals surface area (Å²) in [6.07, 6.45) is 0.787. The highest BCUT2D eigenvalue weighted by molar-refractivity contribution is 5.88. The van der Waals surface area contributed by atoms with Crippen LogP contribution in [-0.2, 0) is 17.7 Å². The minimum absolute atomic E-state index is 0.359. The number of nitrogens with zero attached hydrogens (tertiary/aromatic N) is 3. The van der Waals surface area contributed by atoms with Crippen molar-refractivity contribution in [2.24, 2.45) is 5.92 Å². The van der Waals surface area contributed by atoms with Crippen LogP contribution in [0.15, 0.2) is 0 Å². The van der Waals surface area contributed by atoms with Gasteiger partial charge in [0.15, 0.2) is 5.69 Å². The second kappa shape index (κ2) is 5.63. The molecule has 0 aliphatic rings. The first kappa shape index (κ1) is 12.7. The molecule has 0 saturated heterocycles. The first-order valence-electron chi connectivity index (χ1n) is 5.69. The van der Waals surface area contributed by atoms with Crippen molar-refractivity contribution in [2.45, 2.75) is 40.7 Å². The molecule has 0 aliphatic heterocycles. The highest BCUT2D eigenvalue weighted by Gasteiger charge is 2.20. The van der Waals surface area contributed by atoms with E-state index in [0.29, 0.717) is 24.8 Å². The minimum Gasteiger partial charge on any atom is -0.461 e. The molecule has 1 aromatic heterocycles. The lowest BCUT2D eigenvalue weighted by Gasteiger charge is -2.08. The molecule has 1 heterocycles. The molecule has 0 bridgehead atoms. The lowest BCUT2D eigenvalue weighted by Crippen LogP contribution is -2.12. The SMILES string of the molecule is CCOC(=O)c1nnn(CC)c1CC(C)C. The van der Waals surface area contributed by atoms with Crippen molar-refractivity contribution in [3.8, 4) is 0 Å². The molecule has 0 aliphatic carbocycles. The maximum atomic E-state index is 11.6. The molecule has 5 heteroatoms. The molecular weight excluding hydrogens is 206 g/mol. The number of carbonyl (C=O) groups is 1. The summed E-state index contributed by atoms with van der Waals surface area (Å²) in [6, 6.07) is 0. The van der Waals surface area contributed by atoms with E-state index in [9.17, 15) is 4.79 Å². The Labute approximate surface area is 95.8 Å². The largest absolute Gasteiger partial charge is 0.461 e. The standard InChI is InChI=1S/C11H19N3O2/c1-5-14-9(7-8(3)4)10(12-13-14)11(15)16-6-2/h8H,5-7H2,1-4H3. The van der Waals surface area contributed by atoms with E-state index in [1.165, 1.54) is 0 Å². The smallest absolute Gasteiger partial charge is 0.360 e. The molecule has 0 saturated carbocycles. The fraction of sp³-hybridized carbons (Fsp3) is 0.727. The average Bonchev–Trinajstić information content (AvgIpc) is 2.60. The third-order valence-electron chi connectivity index (χ3n) is 2.21. The van der Waals surface area contributed by atoms with Crippen LogP contribution in [0.5, 0.6) is 0 Å². The quantitative estimate of drug-likeness (QED) is 0.715. The summed E-state index contributed by atoms with van der Waals surface area (Å²) in [6.45, 7) is 9.04. The van der Waals surface area contributed by atoms with Gasteiger partial charge in [0.1, 0.15) is 0 Å². The number of hydrogen-bond donors (Lipinski definition) is 0. The Bertz CT molecular complexity index is 358. The lowest BCUT2D eigenvalue weighted by molar-refractivity contribution is 0.0518. The van der Waals surface area contributed by atoms with E-state index in [1.807, 2.05) is 6.92 Å². The van der Waals surface area contributed by atoms with Gasteiger partial charge in [-0.05, 0) is 26.2 Å². The Morgan fingerprint density at radius 3 is 2.62 bits per heavy atom. The van der Waals surface area contributed by atoms with Crippen LogP contribution in [0.4, 0.5) is 0 Å². The van der Waals surface area contributed by atoms with Crippen molar-refractivity contribution in [3.05, 3.63) is 11.4 Å². The predicted octanol–water partition coefficient (Wildman–Crippen LogP) is 1.67. The van der Waals surface area contributed by atoms with Crippen LogP contribution in [-0.4, -0.2) is 27.6 Å². The van der Waals surface area contributed by atoms with E-state index in [4.69, 9.17) is 4.74 Å². The van der Waals surface area contributed by atoms with Gasteiger partial charge in [0.05, 0.1) is 12.3 Å². The van der Waals surface area contributed by atoms with Crippen molar-refractivity contribution in [1.29, 1.82) is 0 Å². The van der Waals surface area contributed by atoms with Crippen LogP contribution in [0.1, 0.15) is 43.9 Å². The van der Waals surface area contributed by atoms with Gasteiger partial charge in [-0.25, -0.2) is 9.48 Å². The molecule has 1 aromatic rings. The molecule has 5 nitrogen and oxygen atoms in total.